The van der Waals surface area contributed by atoms with Gasteiger partial charge in [0.1, 0.15) is 0 Å². The molecule has 0 aliphatic carbocycles. The van der Waals surface area contributed by atoms with Crippen molar-refractivity contribution in [1.29, 1.82) is 0 Å². The van der Waals surface area contributed by atoms with Crippen LogP contribution < -0.4 is 4.90 Å². The fourth-order valence-electron chi connectivity index (χ4n) is 1.20. The lowest BCUT2D eigenvalue weighted by Crippen LogP contribution is -2.23. The van der Waals surface area contributed by atoms with Gasteiger partial charge in [0.25, 0.3) is 5.91 Å². The van der Waals surface area contributed by atoms with Crippen molar-refractivity contribution in [2.75, 3.05) is 11.9 Å². The van der Waals surface area contributed by atoms with Gasteiger partial charge in [0.15, 0.2) is 10.9 Å². The Labute approximate surface area is 98.6 Å². The predicted molar refractivity (Wildman–Crippen MR) is 65.1 cm³/mol. The number of allylic oxidation sites excluding steroid dienone is 1. The van der Waals surface area contributed by atoms with Crippen LogP contribution in [0.25, 0.3) is 0 Å². The monoisotopic (exact) mass is 238 g/mol. The molecule has 0 N–H and O–H groups in total. The van der Waals surface area contributed by atoms with Gasteiger partial charge < -0.3 is 0 Å². The molecule has 0 aliphatic heterocycles. The minimum atomic E-state index is -0.147. The van der Waals surface area contributed by atoms with Gasteiger partial charge in [-0.05, 0) is 19.9 Å². The summed E-state index contributed by atoms with van der Waals surface area (Å²) >= 11 is 1.24. The van der Waals surface area contributed by atoms with Crippen molar-refractivity contribution in [3.8, 4) is 0 Å². The van der Waals surface area contributed by atoms with Gasteiger partial charge in [-0.1, -0.05) is 17.4 Å². The molecule has 0 atom stereocenters. The molecule has 4 nitrogen and oxygen atoms in total. The maximum atomic E-state index is 11.6. The molecule has 0 aromatic carbocycles. The van der Waals surface area contributed by atoms with Crippen LogP contribution in [0.15, 0.2) is 12.2 Å². The number of rotatable bonds is 3. The minimum Gasteiger partial charge on any atom is -0.294 e. The van der Waals surface area contributed by atoms with Crippen molar-refractivity contribution < 1.29 is 9.59 Å². The fourth-order valence-corrected chi connectivity index (χ4v) is 2.13. The number of nitrogens with zero attached hydrogens (tertiary/aromatic N) is 2. The molecule has 1 rings (SSSR count). The van der Waals surface area contributed by atoms with E-state index in [-0.39, 0.29) is 11.7 Å². The van der Waals surface area contributed by atoms with Crippen molar-refractivity contribution in [3.63, 3.8) is 0 Å². The molecular formula is C11H14N2O2S. The third-order valence-electron chi connectivity index (χ3n) is 2.03. The summed E-state index contributed by atoms with van der Waals surface area (Å²) in [5, 5.41) is 0.547. The van der Waals surface area contributed by atoms with Crippen molar-refractivity contribution in [2.24, 2.45) is 0 Å². The van der Waals surface area contributed by atoms with Crippen molar-refractivity contribution >= 4 is 28.2 Å². The fraction of sp³-hybridized carbons (Fsp3) is 0.364. The summed E-state index contributed by atoms with van der Waals surface area (Å²) in [7, 11) is 1.64. The molecule has 0 saturated carbocycles. The normalized spacial score (nSPS) is 10.8. The van der Waals surface area contributed by atoms with Gasteiger partial charge in [0, 0.05) is 14.0 Å². The first-order valence-corrected chi connectivity index (χ1v) is 5.67. The third-order valence-corrected chi connectivity index (χ3v) is 3.37. The van der Waals surface area contributed by atoms with E-state index in [1.807, 2.05) is 0 Å². The van der Waals surface area contributed by atoms with Crippen molar-refractivity contribution in [2.45, 2.75) is 20.8 Å². The Hall–Kier alpha value is -1.49. The average Bonchev–Trinajstić information content (AvgIpc) is 2.59. The highest BCUT2D eigenvalue weighted by Gasteiger charge is 2.16. The molecule has 86 valence electrons. The molecular weight excluding hydrogens is 224 g/mol. The molecule has 0 aliphatic rings. The maximum absolute atomic E-state index is 11.6. The number of thiazole rings is 1. The van der Waals surface area contributed by atoms with E-state index in [1.165, 1.54) is 29.2 Å². The summed E-state index contributed by atoms with van der Waals surface area (Å²) in [6.45, 7) is 5.04. The molecule has 5 heteroatoms. The van der Waals surface area contributed by atoms with Crippen LogP contribution in [0.5, 0.6) is 0 Å². The van der Waals surface area contributed by atoms with Gasteiger partial charge in [0.05, 0.1) is 10.6 Å². The van der Waals surface area contributed by atoms with E-state index in [9.17, 15) is 9.59 Å². The quantitative estimate of drug-likeness (QED) is 0.599. The van der Waals surface area contributed by atoms with Crippen LogP contribution in [0.1, 0.15) is 29.2 Å². The van der Waals surface area contributed by atoms with Crippen molar-refractivity contribution in [3.05, 3.63) is 22.7 Å². The summed E-state index contributed by atoms with van der Waals surface area (Å²) in [5.74, 6) is -0.167. The van der Waals surface area contributed by atoms with Crippen LogP contribution in [-0.4, -0.2) is 23.7 Å². The zero-order valence-corrected chi connectivity index (χ0v) is 10.6. The number of likely N-dealkylation sites (N-methyl/N-ethyl adjacent to an activating group) is 1. The van der Waals surface area contributed by atoms with E-state index in [2.05, 4.69) is 4.98 Å². The van der Waals surface area contributed by atoms with Gasteiger partial charge in [-0.15, -0.1) is 0 Å². The number of carbonyl (C=O) groups is 2. The van der Waals surface area contributed by atoms with E-state index >= 15 is 0 Å². The first-order valence-electron chi connectivity index (χ1n) is 4.86. The maximum Gasteiger partial charge on any atom is 0.252 e. The first-order chi connectivity index (χ1) is 7.47. The lowest BCUT2D eigenvalue weighted by atomic mass is 10.3. The van der Waals surface area contributed by atoms with Crippen LogP contribution >= 0.6 is 11.3 Å². The highest BCUT2D eigenvalue weighted by Crippen LogP contribution is 2.25. The Morgan fingerprint density at radius 2 is 2.06 bits per heavy atom. The highest BCUT2D eigenvalue weighted by atomic mass is 32.1. The van der Waals surface area contributed by atoms with Gasteiger partial charge in [-0.2, -0.15) is 0 Å². The Kier molecular flexibility index (Phi) is 3.95. The van der Waals surface area contributed by atoms with Gasteiger partial charge in [-0.25, -0.2) is 4.98 Å². The summed E-state index contributed by atoms with van der Waals surface area (Å²) < 4.78 is 0. The van der Waals surface area contributed by atoms with E-state index in [1.54, 1.807) is 27.0 Å². The van der Waals surface area contributed by atoms with Crippen LogP contribution in [-0.2, 0) is 4.79 Å². The number of hydrogen-bond acceptors (Lipinski definition) is 4. The molecule has 16 heavy (non-hydrogen) atoms. The summed E-state index contributed by atoms with van der Waals surface area (Å²) in [5.41, 5.74) is 0.674. The van der Waals surface area contributed by atoms with Crippen LogP contribution in [0.4, 0.5) is 5.13 Å². The zero-order chi connectivity index (χ0) is 12.3. The van der Waals surface area contributed by atoms with Crippen LogP contribution in [0, 0.1) is 6.92 Å². The molecule has 1 amide bonds. The summed E-state index contributed by atoms with van der Waals surface area (Å²) in [6, 6.07) is 0. The molecule has 1 heterocycles. The lowest BCUT2D eigenvalue weighted by molar-refractivity contribution is -0.113. The molecule has 0 spiro atoms. The second-order valence-electron chi connectivity index (χ2n) is 3.36. The molecule has 1 aromatic rings. The zero-order valence-electron chi connectivity index (χ0n) is 9.77. The number of amides is 1. The Morgan fingerprint density at radius 1 is 1.44 bits per heavy atom. The Balaban J connectivity index is 3.01. The lowest BCUT2D eigenvalue weighted by Gasteiger charge is -2.10. The number of carbonyl (C=O) groups excluding carboxylic acids is 2. The average molecular weight is 238 g/mol. The van der Waals surface area contributed by atoms with Gasteiger partial charge >= 0.3 is 0 Å². The summed E-state index contributed by atoms with van der Waals surface area (Å²) in [4.78, 5) is 29.1. The van der Waals surface area contributed by atoms with Gasteiger partial charge in [-0.3, -0.25) is 14.5 Å². The second-order valence-corrected chi connectivity index (χ2v) is 4.34. The molecule has 0 saturated heterocycles. The first kappa shape index (κ1) is 12.6. The third kappa shape index (κ3) is 2.55. The van der Waals surface area contributed by atoms with Gasteiger partial charge in [0.2, 0.25) is 0 Å². The largest absolute Gasteiger partial charge is 0.294 e. The number of aromatic nitrogens is 1. The predicted octanol–water partition coefficient (Wildman–Crippen LogP) is 2.19. The molecule has 0 fully saturated rings. The van der Waals surface area contributed by atoms with E-state index in [0.29, 0.717) is 15.7 Å². The standard InChI is InChI=1S/C11H14N2O2S/c1-5-6-9(15)13(4)11-12-7(2)10(16-11)8(3)14/h5-6H,1-4H3/b6-5+. The number of ketones is 1. The molecule has 0 unspecified atom stereocenters. The smallest absolute Gasteiger partial charge is 0.252 e. The molecule has 1 aromatic heterocycles. The van der Waals surface area contributed by atoms with E-state index < -0.39 is 0 Å². The van der Waals surface area contributed by atoms with E-state index in [0.717, 1.165) is 0 Å². The number of Topliss-reactive ketones (excluding diaryl/α,β-unsaturated/α-hetero) is 1. The Morgan fingerprint density at radius 3 is 2.50 bits per heavy atom. The van der Waals surface area contributed by atoms with Crippen LogP contribution in [0.3, 0.4) is 0 Å². The second kappa shape index (κ2) is 5.03. The number of anilines is 1. The minimum absolute atomic E-state index is 0.0202. The number of aryl methyl sites for hydroxylation is 1. The SMILES string of the molecule is C/C=C/C(=O)N(C)c1nc(C)c(C(C)=O)s1. The molecule has 0 radical (unpaired) electrons. The topological polar surface area (TPSA) is 50.3 Å². The highest BCUT2D eigenvalue weighted by molar-refractivity contribution is 7.17. The summed E-state index contributed by atoms with van der Waals surface area (Å²) in [6.07, 6.45) is 3.13. The molecule has 0 bridgehead atoms. The van der Waals surface area contributed by atoms with Crippen molar-refractivity contribution in [1.82, 2.24) is 4.98 Å². The van der Waals surface area contributed by atoms with E-state index in [4.69, 9.17) is 0 Å². The Bertz CT molecular complexity index is 449. The number of hydrogen-bond donors (Lipinski definition) is 0. The van der Waals surface area contributed by atoms with Crippen LogP contribution in [0.2, 0.25) is 0 Å².